The van der Waals surface area contributed by atoms with E-state index in [2.05, 4.69) is 22.1 Å². The summed E-state index contributed by atoms with van der Waals surface area (Å²) in [6.07, 6.45) is 4.10. The van der Waals surface area contributed by atoms with Gasteiger partial charge in [-0.15, -0.1) is 11.3 Å². The molecular formula is C13H18N2O2S2. The molecule has 0 spiro atoms. The molecule has 2 amide bonds. The molecule has 0 aromatic carbocycles. The fraction of sp³-hybridized carbons (Fsp3) is 0.615. The third kappa shape index (κ3) is 3.00. The molecule has 104 valence electrons. The van der Waals surface area contributed by atoms with E-state index in [0.717, 1.165) is 25.7 Å². The number of urea groups is 1. The van der Waals surface area contributed by atoms with Crippen LogP contribution in [0, 0.1) is 0 Å². The first-order valence-corrected chi connectivity index (χ1v) is 9.07. The molecule has 1 fully saturated rings. The van der Waals surface area contributed by atoms with E-state index in [-0.39, 0.29) is 18.1 Å². The van der Waals surface area contributed by atoms with Gasteiger partial charge in [-0.05, 0) is 42.7 Å². The van der Waals surface area contributed by atoms with Gasteiger partial charge in [0.1, 0.15) is 0 Å². The van der Waals surface area contributed by atoms with Gasteiger partial charge >= 0.3 is 6.03 Å². The van der Waals surface area contributed by atoms with Gasteiger partial charge in [-0.2, -0.15) is 0 Å². The van der Waals surface area contributed by atoms with Crippen molar-refractivity contribution in [1.82, 2.24) is 10.6 Å². The Morgan fingerprint density at radius 3 is 3.05 bits per heavy atom. The van der Waals surface area contributed by atoms with E-state index in [0.29, 0.717) is 11.5 Å². The molecule has 2 heterocycles. The summed E-state index contributed by atoms with van der Waals surface area (Å²) in [5, 5.41) is 8.10. The van der Waals surface area contributed by atoms with E-state index in [4.69, 9.17) is 0 Å². The summed E-state index contributed by atoms with van der Waals surface area (Å²) < 4.78 is 11.3. The molecular weight excluding hydrogens is 280 g/mol. The van der Waals surface area contributed by atoms with Crippen LogP contribution in [0.25, 0.3) is 0 Å². The molecule has 2 N–H and O–H groups in total. The van der Waals surface area contributed by atoms with Crippen molar-refractivity contribution in [3.8, 4) is 0 Å². The minimum Gasteiger partial charge on any atom is -0.334 e. The Hall–Kier alpha value is -0.880. The summed E-state index contributed by atoms with van der Waals surface area (Å²) in [5.74, 6) is 1.31. The molecule has 1 aliphatic heterocycles. The fourth-order valence-electron chi connectivity index (χ4n) is 2.80. The Balaban J connectivity index is 1.57. The number of nitrogens with one attached hydrogen (secondary N) is 2. The highest BCUT2D eigenvalue weighted by Gasteiger charge is 2.26. The minimum atomic E-state index is -0.747. The van der Waals surface area contributed by atoms with Crippen molar-refractivity contribution in [3.05, 3.63) is 21.9 Å². The maximum Gasteiger partial charge on any atom is 0.315 e. The zero-order chi connectivity index (χ0) is 13.2. The highest BCUT2D eigenvalue weighted by molar-refractivity contribution is 7.85. The predicted octanol–water partition coefficient (Wildman–Crippen LogP) is 1.95. The molecule has 19 heavy (non-hydrogen) atoms. The molecule has 3 rings (SSSR count). The van der Waals surface area contributed by atoms with E-state index >= 15 is 0 Å². The molecule has 4 nitrogen and oxygen atoms in total. The molecule has 0 saturated carbocycles. The standard InChI is InChI=1S/C13H18N2O2S2/c16-13(14-9-5-7-19(17)8-9)15-11-2-1-3-12-10(11)4-6-18-12/h4,6,9,11H,1-3,5,7-8H2,(H2,14,15,16). The summed E-state index contributed by atoms with van der Waals surface area (Å²) >= 11 is 1.78. The van der Waals surface area contributed by atoms with E-state index in [1.54, 1.807) is 11.3 Å². The molecule has 1 aromatic heterocycles. The summed E-state index contributed by atoms with van der Waals surface area (Å²) in [6, 6.07) is 2.22. The smallest absolute Gasteiger partial charge is 0.315 e. The number of amides is 2. The number of hydrogen-bond acceptors (Lipinski definition) is 3. The largest absolute Gasteiger partial charge is 0.334 e. The van der Waals surface area contributed by atoms with Crippen LogP contribution in [0.3, 0.4) is 0 Å². The summed E-state index contributed by atoms with van der Waals surface area (Å²) in [7, 11) is -0.747. The van der Waals surface area contributed by atoms with Crippen LogP contribution in [-0.4, -0.2) is 27.8 Å². The van der Waals surface area contributed by atoms with Crippen molar-refractivity contribution in [2.24, 2.45) is 0 Å². The lowest BCUT2D eigenvalue weighted by atomic mass is 9.94. The zero-order valence-corrected chi connectivity index (χ0v) is 12.3. The number of carbonyl (C=O) groups excluding carboxylic acids is 1. The Kier molecular flexibility index (Phi) is 3.88. The summed E-state index contributed by atoms with van der Waals surface area (Å²) in [6.45, 7) is 0. The lowest BCUT2D eigenvalue weighted by Gasteiger charge is -2.24. The first-order chi connectivity index (χ1) is 9.22. The second-order valence-corrected chi connectivity index (χ2v) is 7.78. The van der Waals surface area contributed by atoms with Gasteiger partial charge in [0, 0.05) is 33.2 Å². The SMILES string of the molecule is O=C(NC1CCS(=O)C1)NC1CCCc2sccc21. The second kappa shape index (κ2) is 5.63. The van der Waals surface area contributed by atoms with Crippen LogP contribution in [-0.2, 0) is 17.2 Å². The lowest BCUT2D eigenvalue weighted by Crippen LogP contribution is -2.44. The van der Waals surface area contributed by atoms with E-state index in [1.807, 2.05) is 0 Å². The lowest BCUT2D eigenvalue weighted by molar-refractivity contribution is 0.232. The van der Waals surface area contributed by atoms with Crippen molar-refractivity contribution in [3.63, 3.8) is 0 Å². The van der Waals surface area contributed by atoms with E-state index in [9.17, 15) is 9.00 Å². The molecule has 1 aliphatic carbocycles. The van der Waals surface area contributed by atoms with Gasteiger partial charge in [-0.1, -0.05) is 0 Å². The van der Waals surface area contributed by atoms with Gasteiger partial charge in [0.25, 0.3) is 0 Å². The summed E-state index contributed by atoms with van der Waals surface area (Å²) in [4.78, 5) is 13.4. The second-order valence-electron chi connectivity index (χ2n) is 5.16. The van der Waals surface area contributed by atoms with Gasteiger partial charge in [0.15, 0.2) is 0 Å². The Morgan fingerprint density at radius 1 is 1.37 bits per heavy atom. The van der Waals surface area contributed by atoms with Crippen molar-refractivity contribution in [1.29, 1.82) is 0 Å². The maximum atomic E-state index is 12.0. The molecule has 1 saturated heterocycles. The minimum absolute atomic E-state index is 0.0753. The van der Waals surface area contributed by atoms with E-state index in [1.165, 1.54) is 10.4 Å². The molecule has 3 unspecified atom stereocenters. The highest BCUT2D eigenvalue weighted by Crippen LogP contribution is 2.33. The normalized spacial score (nSPS) is 29.8. The quantitative estimate of drug-likeness (QED) is 0.877. The first kappa shape index (κ1) is 13.1. The zero-order valence-electron chi connectivity index (χ0n) is 10.7. The Labute approximate surface area is 119 Å². The number of thiophene rings is 1. The number of fused-ring (bicyclic) bond motifs is 1. The highest BCUT2D eigenvalue weighted by atomic mass is 32.2. The molecule has 0 radical (unpaired) electrons. The monoisotopic (exact) mass is 298 g/mol. The average molecular weight is 298 g/mol. The third-order valence-electron chi connectivity index (χ3n) is 3.77. The topological polar surface area (TPSA) is 58.2 Å². The number of rotatable bonds is 2. The molecule has 1 aromatic rings. The molecule has 3 atom stereocenters. The average Bonchev–Trinajstić information content (AvgIpc) is 2.98. The van der Waals surface area contributed by atoms with Crippen LogP contribution in [0.5, 0.6) is 0 Å². The number of hydrogen-bond donors (Lipinski definition) is 2. The Morgan fingerprint density at radius 2 is 2.26 bits per heavy atom. The van der Waals surface area contributed by atoms with Crippen LogP contribution < -0.4 is 10.6 Å². The van der Waals surface area contributed by atoms with Gasteiger partial charge in [-0.3, -0.25) is 4.21 Å². The molecule has 6 heteroatoms. The van der Waals surface area contributed by atoms with Gasteiger partial charge in [-0.25, -0.2) is 4.79 Å². The number of aryl methyl sites for hydroxylation is 1. The fourth-order valence-corrected chi connectivity index (χ4v) is 5.20. The number of carbonyl (C=O) groups is 1. The predicted molar refractivity (Wildman–Crippen MR) is 77.9 cm³/mol. The van der Waals surface area contributed by atoms with Crippen molar-refractivity contribution < 1.29 is 9.00 Å². The van der Waals surface area contributed by atoms with Gasteiger partial charge in [0.05, 0.1) is 6.04 Å². The van der Waals surface area contributed by atoms with Crippen LogP contribution >= 0.6 is 11.3 Å². The van der Waals surface area contributed by atoms with Crippen LogP contribution in [0.4, 0.5) is 4.79 Å². The maximum absolute atomic E-state index is 12.0. The molecule has 0 bridgehead atoms. The van der Waals surface area contributed by atoms with Gasteiger partial charge < -0.3 is 10.6 Å². The van der Waals surface area contributed by atoms with E-state index < -0.39 is 10.8 Å². The third-order valence-corrected chi connectivity index (χ3v) is 6.24. The van der Waals surface area contributed by atoms with Crippen LogP contribution in [0.15, 0.2) is 11.4 Å². The van der Waals surface area contributed by atoms with Crippen LogP contribution in [0.1, 0.15) is 35.7 Å². The van der Waals surface area contributed by atoms with Gasteiger partial charge in [0.2, 0.25) is 0 Å². The van der Waals surface area contributed by atoms with Crippen molar-refractivity contribution >= 4 is 28.2 Å². The van der Waals surface area contributed by atoms with Crippen LogP contribution in [0.2, 0.25) is 0 Å². The molecule has 2 aliphatic rings. The Bertz CT molecular complexity index is 501. The first-order valence-electron chi connectivity index (χ1n) is 6.70. The van der Waals surface area contributed by atoms with Crippen molar-refractivity contribution in [2.75, 3.05) is 11.5 Å². The van der Waals surface area contributed by atoms with Crippen molar-refractivity contribution in [2.45, 2.75) is 37.8 Å². The summed E-state index contributed by atoms with van der Waals surface area (Å²) in [5.41, 5.74) is 1.28.